The summed E-state index contributed by atoms with van der Waals surface area (Å²) in [7, 11) is 0. The average Bonchev–Trinajstić information content (AvgIpc) is 2.93. The van der Waals surface area contributed by atoms with Gasteiger partial charge < -0.3 is 50.0 Å². The van der Waals surface area contributed by atoms with Crippen molar-refractivity contribution in [1.29, 1.82) is 0 Å². The quantitative estimate of drug-likeness (QED) is 0.180. The number of benzene rings is 3. The minimum absolute atomic E-state index is 0.00103. The monoisotopic (exact) mass is 552 g/mol. The third-order valence-corrected chi connectivity index (χ3v) is 7.35. The Labute approximate surface area is 227 Å². The predicted octanol–water partition coefficient (Wildman–Crippen LogP) is 1.95. The summed E-state index contributed by atoms with van der Waals surface area (Å²) in [5.74, 6) is -2.03. The molecule has 1 aromatic heterocycles. The van der Waals surface area contributed by atoms with Gasteiger partial charge in [-0.2, -0.15) is 0 Å². The highest BCUT2D eigenvalue weighted by Crippen LogP contribution is 2.50. The number of ether oxygens (including phenoxy) is 1. The third kappa shape index (κ3) is 4.53. The number of hydrogen-bond donors (Lipinski definition) is 8. The lowest BCUT2D eigenvalue weighted by Gasteiger charge is -2.40. The Balaban J connectivity index is 1.81. The maximum Gasteiger partial charge on any atom is 0.197 e. The van der Waals surface area contributed by atoms with E-state index < -0.39 is 65.5 Å². The van der Waals surface area contributed by atoms with Crippen molar-refractivity contribution in [3.05, 3.63) is 81.5 Å². The first-order valence-electron chi connectivity index (χ1n) is 12.5. The number of aliphatic hydroxyl groups is 4. The van der Waals surface area contributed by atoms with Crippen LogP contribution in [0.1, 0.15) is 35.6 Å². The molecule has 210 valence electrons. The molecule has 4 aromatic rings. The van der Waals surface area contributed by atoms with Gasteiger partial charge in [0.25, 0.3) is 0 Å². The van der Waals surface area contributed by atoms with Crippen LogP contribution in [0.5, 0.6) is 23.0 Å². The molecule has 0 spiro atoms. The molecule has 2 heterocycles. The fourth-order valence-electron chi connectivity index (χ4n) is 5.12. The molecule has 1 aliphatic rings. The highest BCUT2D eigenvalue weighted by atomic mass is 16.5. The van der Waals surface area contributed by atoms with E-state index in [2.05, 4.69) is 0 Å². The van der Waals surface area contributed by atoms with Gasteiger partial charge in [-0.3, -0.25) is 4.79 Å². The zero-order chi connectivity index (χ0) is 28.9. The Bertz CT molecular complexity index is 1590. The van der Waals surface area contributed by atoms with Crippen LogP contribution in [-0.2, 0) is 4.74 Å². The summed E-state index contributed by atoms with van der Waals surface area (Å²) in [6, 6.07) is 13.0. The SMILES string of the molecule is C[C@H](c1ccc(O)cc1)c1c(O)c([C@@H]2O[C@H](CO)[C@H](O)[C@H](O)[C@H]2O)c(O)c2c(=O)cc(-c3ccc(O)cc3)oc12. The summed E-state index contributed by atoms with van der Waals surface area (Å²) >= 11 is 0. The van der Waals surface area contributed by atoms with E-state index in [1.807, 2.05) is 0 Å². The topological polar surface area (TPSA) is 201 Å². The second-order valence-electron chi connectivity index (χ2n) is 9.81. The summed E-state index contributed by atoms with van der Waals surface area (Å²) in [5, 5.41) is 83.0. The van der Waals surface area contributed by atoms with E-state index in [4.69, 9.17) is 9.15 Å². The number of phenolic OH excluding ortho intramolecular Hbond substituents is 4. The fourth-order valence-corrected chi connectivity index (χ4v) is 5.12. The van der Waals surface area contributed by atoms with Crippen molar-refractivity contribution in [1.82, 2.24) is 0 Å². The van der Waals surface area contributed by atoms with Gasteiger partial charge in [-0.25, -0.2) is 0 Å². The number of rotatable bonds is 5. The summed E-state index contributed by atoms with van der Waals surface area (Å²) < 4.78 is 11.7. The van der Waals surface area contributed by atoms with E-state index in [1.54, 1.807) is 19.1 Å². The highest BCUT2D eigenvalue weighted by Gasteiger charge is 2.47. The molecule has 3 aromatic carbocycles. The Morgan fingerprint density at radius 1 is 0.825 bits per heavy atom. The third-order valence-electron chi connectivity index (χ3n) is 7.35. The van der Waals surface area contributed by atoms with Crippen molar-refractivity contribution in [2.45, 2.75) is 43.4 Å². The second kappa shape index (κ2) is 10.5. The second-order valence-corrected chi connectivity index (χ2v) is 9.81. The molecular weight excluding hydrogens is 524 g/mol. The molecule has 40 heavy (non-hydrogen) atoms. The van der Waals surface area contributed by atoms with Gasteiger partial charge in [0, 0.05) is 23.1 Å². The van der Waals surface area contributed by atoms with Crippen LogP contribution in [-0.4, -0.2) is 71.9 Å². The van der Waals surface area contributed by atoms with Crippen LogP contribution in [0, 0.1) is 0 Å². The molecule has 0 radical (unpaired) electrons. The number of aromatic hydroxyl groups is 4. The molecule has 1 saturated heterocycles. The summed E-state index contributed by atoms with van der Waals surface area (Å²) in [6.45, 7) is 0.938. The Morgan fingerprint density at radius 3 is 2.02 bits per heavy atom. The zero-order valence-electron chi connectivity index (χ0n) is 21.2. The lowest BCUT2D eigenvalue weighted by molar-refractivity contribution is -0.232. The van der Waals surface area contributed by atoms with Gasteiger partial charge in [0.2, 0.25) is 0 Å². The molecule has 8 N–H and O–H groups in total. The fraction of sp³-hybridized carbons (Fsp3) is 0.276. The molecule has 0 unspecified atom stereocenters. The first-order chi connectivity index (χ1) is 19.0. The van der Waals surface area contributed by atoms with E-state index in [0.29, 0.717) is 11.1 Å². The maximum atomic E-state index is 13.5. The Kier molecular flexibility index (Phi) is 7.17. The molecule has 11 heteroatoms. The van der Waals surface area contributed by atoms with Crippen molar-refractivity contribution >= 4 is 11.0 Å². The van der Waals surface area contributed by atoms with Crippen LogP contribution in [0.2, 0.25) is 0 Å². The average molecular weight is 553 g/mol. The Morgan fingerprint density at radius 2 is 1.43 bits per heavy atom. The molecule has 0 bridgehead atoms. The van der Waals surface area contributed by atoms with Crippen LogP contribution in [0.15, 0.2) is 63.8 Å². The van der Waals surface area contributed by atoms with E-state index in [0.717, 1.165) is 6.07 Å². The van der Waals surface area contributed by atoms with Crippen LogP contribution in [0.4, 0.5) is 0 Å². The van der Waals surface area contributed by atoms with Crippen LogP contribution in [0.3, 0.4) is 0 Å². The number of phenols is 4. The molecule has 5 rings (SSSR count). The zero-order valence-corrected chi connectivity index (χ0v) is 21.2. The number of fused-ring (bicyclic) bond motifs is 1. The molecule has 0 aliphatic carbocycles. The molecular formula is C29H28O11. The first-order valence-corrected chi connectivity index (χ1v) is 12.5. The minimum Gasteiger partial charge on any atom is -0.508 e. The van der Waals surface area contributed by atoms with Crippen LogP contribution in [0.25, 0.3) is 22.3 Å². The summed E-state index contributed by atoms with van der Waals surface area (Å²) in [5.41, 5.74) is -0.265. The van der Waals surface area contributed by atoms with E-state index in [1.165, 1.54) is 36.4 Å². The normalized spacial score (nSPS) is 23.8. The van der Waals surface area contributed by atoms with Crippen LogP contribution >= 0.6 is 0 Å². The molecule has 1 fully saturated rings. The lowest BCUT2D eigenvalue weighted by atomic mass is 9.84. The largest absolute Gasteiger partial charge is 0.508 e. The van der Waals surface area contributed by atoms with Gasteiger partial charge in [0.1, 0.15) is 70.2 Å². The van der Waals surface area contributed by atoms with Gasteiger partial charge in [0.15, 0.2) is 5.43 Å². The molecule has 6 atom stereocenters. The van der Waals surface area contributed by atoms with Crippen molar-refractivity contribution < 1.29 is 50.0 Å². The van der Waals surface area contributed by atoms with E-state index in [9.17, 15) is 45.6 Å². The smallest absolute Gasteiger partial charge is 0.197 e. The van der Waals surface area contributed by atoms with Gasteiger partial charge in [-0.1, -0.05) is 19.1 Å². The van der Waals surface area contributed by atoms with Gasteiger partial charge in [-0.15, -0.1) is 0 Å². The Hall–Kier alpha value is -4.13. The maximum absolute atomic E-state index is 13.5. The molecule has 11 nitrogen and oxygen atoms in total. The summed E-state index contributed by atoms with van der Waals surface area (Å²) in [4.78, 5) is 13.5. The predicted molar refractivity (Wildman–Crippen MR) is 141 cm³/mol. The van der Waals surface area contributed by atoms with E-state index >= 15 is 0 Å². The van der Waals surface area contributed by atoms with Gasteiger partial charge in [0.05, 0.1) is 12.2 Å². The number of hydrogen-bond acceptors (Lipinski definition) is 11. The van der Waals surface area contributed by atoms with Gasteiger partial charge in [-0.05, 0) is 42.0 Å². The van der Waals surface area contributed by atoms with Crippen molar-refractivity contribution in [2.24, 2.45) is 0 Å². The lowest BCUT2D eigenvalue weighted by Crippen LogP contribution is -2.55. The molecule has 1 aliphatic heterocycles. The van der Waals surface area contributed by atoms with Crippen molar-refractivity contribution in [3.8, 4) is 34.3 Å². The van der Waals surface area contributed by atoms with Crippen LogP contribution < -0.4 is 5.43 Å². The van der Waals surface area contributed by atoms with Gasteiger partial charge >= 0.3 is 0 Å². The molecule has 0 saturated carbocycles. The minimum atomic E-state index is -1.85. The number of aliphatic hydroxyl groups excluding tert-OH is 4. The summed E-state index contributed by atoms with van der Waals surface area (Å²) in [6.07, 6.45) is -8.34. The highest BCUT2D eigenvalue weighted by molar-refractivity contribution is 5.92. The molecule has 0 amide bonds. The first kappa shape index (κ1) is 27.4. The standard InChI is InChI=1S/C29H28O11/c1-12(13-2-6-15(31)7-3-13)20-24(35)22(29-27(38)26(37)23(34)19(11-30)40-29)25(36)21-17(33)10-18(39-28(20)21)14-4-8-16(32)9-5-14/h2-10,12,19,23,26-27,29-32,34-38H,11H2,1H3/t12-,19-,23+,26+,27-,29+/m1/s1. The van der Waals surface area contributed by atoms with Crippen molar-refractivity contribution in [3.63, 3.8) is 0 Å². The van der Waals surface area contributed by atoms with Crippen molar-refractivity contribution in [2.75, 3.05) is 6.61 Å². The van der Waals surface area contributed by atoms with E-state index in [-0.39, 0.29) is 33.8 Å².